The van der Waals surface area contributed by atoms with Gasteiger partial charge in [-0.3, -0.25) is 0 Å². The van der Waals surface area contributed by atoms with Crippen LogP contribution in [-0.2, 0) is 0 Å². The molecule has 0 aromatic carbocycles. The molecule has 5 atom stereocenters. The van der Waals surface area contributed by atoms with Gasteiger partial charge in [0.15, 0.2) is 0 Å². The highest BCUT2D eigenvalue weighted by Gasteiger charge is 2.51. The fourth-order valence-corrected chi connectivity index (χ4v) is 4.80. The third-order valence-corrected chi connectivity index (χ3v) is 5.74. The molecule has 2 amide bonds. The number of nitrogens with one attached hydrogen (secondary N) is 1. The minimum atomic E-state index is -0.563. The van der Waals surface area contributed by atoms with Crippen molar-refractivity contribution in [2.24, 2.45) is 34.5 Å². The number of amides is 2. The quantitative estimate of drug-likeness (QED) is 0.560. The number of nitrogens with two attached hydrogens (primary N) is 1. The summed E-state index contributed by atoms with van der Waals surface area (Å²) >= 11 is 3.80. The molecule has 0 saturated heterocycles. The van der Waals surface area contributed by atoms with E-state index in [2.05, 4.69) is 26.5 Å². The first-order valence-corrected chi connectivity index (χ1v) is 6.83. The van der Waals surface area contributed by atoms with Gasteiger partial charge in [0.2, 0.25) is 0 Å². The topological polar surface area (TPSA) is 67.5 Å². The summed E-state index contributed by atoms with van der Waals surface area (Å²) in [5.74, 6) is 2.80. The number of hydrazone groups is 1. The molecule has 0 aromatic rings. The summed E-state index contributed by atoms with van der Waals surface area (Å²) in [6, 6.07) is -0.563. The van der Waals surface area contributed by atoms with Gasteiger partial charge in [-0.25, -0.2) is 10.2 Å². The van der Waals surface area contributed by atoms with Crippen LogP contribution in [0.15, 0.2) is 5.10 Å². The molecule has 0 aliphatic heterocycles. The normalized spacial score (nSPS) is 47.3. The van der Waals surface area contributed by atoms with E-state index in [1.165, 1.54) is 31.4 Å². The molecule has 4 aliphatic carbocycles. The lowest BCUT2D eigenvalue weighted by molar-refractivity contribution is 0.117. The zero-order chi connectivity index (χ0) is 11.3. The summed E-state index contributed by atoms with van der Waals surface area (Å²) in [7, 11) is 0. The van der Waals surface area contributed by atoms with Gasteiger partial charge < -0.3 is 5.73 Å². The van der Waals surface area contributed by atoms with Crippen LogP contribution in [0.2, 0.25) is 0 Å². The van der Waals surface area contributed by atoms with E-state index in [4.69, 9.17) is 5.73 Å². The van der Waals surface area contributed by atoms with E-state index >= 15 is 0 Å². The average Bonchev–Trinajstić information content (AvgIpc) is 2.23. The molecule has 3 N–H and O–H groups in total. The lowest BCUT2D eigenvalue weighted by Gasteiger charge is -2.53. The predicted octanol–water partition coefficient (Wildman–Crippen LogP) is 1.84. The second-order valence-corrected chi connectivity index (χ2v) is 6.39. The molecule has 0 radical (unpaired) electrons. The molecule has 0 unspecified atom stereocenters. The standard InChI is InChI=1S/C11H16BrN3O/c12-9-6-1-5-2-7(4-6)10(8(9)3-5)14-15-11(13)16/h5-9H,1-4H2,(H3,13,15,16)/b14-10+/t5-,6-,7-,8-,9+/m1/s1. The summed E-state index contributed by atoms with van der Waals surface area (Å²) in [4.78, 5) is 11.3. The van der Waals surface area contributed by atoms with Crippen molar-refractivity contribution in [1.82, 2.24) is 5.43 Å². The number of carbonyl (C=O) groups excluding carboxylic acids is 1. The number of hydrogen-bond acceptors (Lipinski definition) is 2. The Morgan fingerprint density at radius 2 is 2.19 bits per heavy atom. The summed E-state index contributed by atoms with van der Waals surface area (Å²) in [6.07, 6.45) is 5.08. The molecule has 4 saturated carbocycles. The molecule has 4 bridgehead atoms. The van der Waals surface area contributed by atoms with Gasteiger partial charge in [0.05, 0.1) is 0 Å². The maximum atomic E-state index is 10.7. The van der Waals surface area contributed by atoms with Crippen LogP contribution in [0.3, 0.4) is 0 Å². The molecule has 5 heteroatoms. The van der Waals surface area contributed by atoms with Gasteiger partial charge >= 0.3 is 6.03 Å². The molecule has 0 heterocycles. The number of alkyl halides is 1. The predicted molar refractivity (Wildman–Crippen MR) is 65.3 cm³/mol. The number of primary amides is 1. The first-order valence-electron chi connectivity index (χ1n) is 5.92. The maximum absolute atomic E-state index is 10.7. The Morgan fingerprint density at radius 3 is 2.94 bits per heavy atom. The van der Waals surface area contributed by atoms with Crippen LogP contribution in [0.4, 0.5) is 4.79 Å². The van der Waals surface area contributed by atoms with Crippen LogP contribution >= 0.6 is 15.9 Å². The second kappa shape index (κ2) is 3.72. The Bertz CT molecular complexity index is 357. The van der Waals surface area contributed by atoms with Gasteiger partial charge in [-0.1, -0.05) is 15.9 Å². The monoisotopic (exact) mass is 285 g/mol. The number of hydrogen-bond donors (Lipinski definition) is 2. The largest absolute Gasteiger partial charge is 0.350 e. The van der Waals surface area contributed by atoms with Gasteiger partial charge in [-0.05, 0) is 43.4 Å². The van der Waals surface area contributed by atoms with Gasteiger partial charge in [-0.15, -0.1) is 0 Å². The second-order valence-electron chi connectivity index (χ2n) is 5.33. The summed E-state index contributed by atoms with van der Waals surface area (Å²) in [6.45, 7) is 0. The molecule has 4 nitrogen and oxygen atoms in total. The summed E-state index contributed by atoms with van der Waals surface area (Å²) in [5.41, 5.74) is 8.64. The van der Waals surface area contributed by atoms with Crippen molar-refractivity contribution < 1.29 is 4.79 Å². The number of urea groups is 1. The SMILES string of the molecule is NC(=O)N/N=C1\[C@@H]2C[C@H]3C[C@H](C2)[C@H](Br)[C@H]1C3. The Labute approximate surface area is 103 Å². The summed E-state index contributed by atoms with van der Waals surface area (Å²) < 4.78 is 0. The van der Waals surface area contributed by atoms with Gasteiger partial charge in [0.1, 0.15) is 0 Å². The fourth-order valence-electron chi connectivity index (χ4n) is 3.88. The molecule has 88 valence electrons. The lowest BCUT2D eigenvalue weighted by Crippen LogP contribution is -2.52. The van der Waals surface area contributed by atoms with Crippen LogP contribution in [0, 0.1) is 23.7 Å². The van der Waals surface area contributed by atoms with Crippen LogP contribution in [0.25, 0.3) is 0 Å². The highest BCUT2D eigenvalue weighted by atomic mass is 79.9. The molecule has 4 fully saturated rings. The fraction of sp³-hybridized carbons (Fsp3) is 0.818. The third-order valence-electron chi connectivity index (χ3n) is 4.36. The van der Waals surface area contributed by atoms with E-state index in [9.17, 15) is 4.79 Å². The number of halogens is 1. The minimum Gasteiger partial charge on any atom is -0.350 e. The lowest BCUT2D eigenvalue weighted by atomic mass is 9.55. The van der Waals surface area contributed by atoms with Crippen molar-refractivity contribution in [2.75, 3.05) is 0 Å². The molecule has 16 heavy (non-hydrogen) atoms. The van der Waals surface area contributed by atoms with E-state index in [0.717, 1.165) is 11.8 Å². The van der Waals surface area contributed by atoms with Crippen molar-refractivity contribution in [2.45, 2.75) is 30.5 Å². The molecular formula is C11H16BrN3O. The molecule has 0 aromatic heterocycles. The maximum Gasteiger partial charge on any atom is 0.332 e. The van der Waals surface area contributed by atoms with Crippen LogP contribution in [-0.4, -0.2) is 16.6 Å². The molecule has 0 spiro atoms. The molecular weight excluding hydrogens is 270 g/mol. The van der Waals surface area contributed by atoms with E-state index in [-0.39, 0.29) is 0 Å². The van der Waals surface area contributed by atoms with E-state index in [0.29, 0.717) is 16.7 Å². The van der Waals surface area contributed by atoms with Gasteiger partial charge in [0.25, 0.3) is 0 Å². The Balaban J connectivity index is 1.85. The Hall–Kier alpha value is -0.580. The van der Waals surface area contributed by atoms with Gasteiger partial charge in [-0.2, -0.15) is 5.10 Å². The number of rotatable bonds is 1. The zero-order valence-corrected chi connectivity index (χ0v) is 10.6. The van der Waals surface area contributed by atoms with Crippen molar-refractivity contribution in [3.05, 3.63) is 0 Å². The smallest absolute Gasteiger partial charge is 0.332 e. The Kier molecular flexibility index (Phi) is 2.46. The van der Waals surface area contributed by atoms with Crippen LogP contribution < -0.4 is 11.2 Å². The van der Waals surface area contributed by atoms with Crippen LogP contribution in [0.5, 0.6) is 0 Å². The van der Waals surface area contributed by atoms with Gasteiger partial charge in [0, 0.05) is 16.5 Å². The van der Waals surface area contributed by atoms with E-state index in [1.54, 1.807) is 0 Å². The summed E-state index contributed by atoms with van der Waals surface area (Å²) in [5, 5.41) is 4.23. The first-order chi connectivity index (χ1) is 7.65. The van der Waals surface area contributed by atoms with E-state index in [1.807, 2.05) is 0 Å². The highest BCUT2D eigenvalue weighted by Crippen LogP contribution is 2.54. The zero-order valence-electron chi connectivity index (χ0n) is 9.03. The number of nitrogens with zero attached hydrogens (tertiary/aromatic N) is 1. The van der Waals surface area contributed by atoms with Crippen molar-refractivity contribution in [3.63, 3.8) is 0 Å². The molecule has 4 rings (SSSR count). The highest BCUT2D eigenvalue weighted by molar-refractivity contribution is 9.09. The van der Waals surface area contributed by atoms with Crippen molar-refractivity contribution >= 4 is 27.7 Å². The van der Waals surface area contributed by atoms with E-state index < -0.39 is 6.03 Å². The third kappa shape index (κ3) is 1.56. The average molecular weight is 286 g/mol. The number of carbonyl (C=O) groups is 1. The first kappa shape index (κ1) is 10.6. The van der Waals surface area contributed by atoms with Crippen LogP contribution in [0.1, 0.15) is 25.7 Å². The molecule has 4 aliphatic rings. The Morgan fingerprint density at radius 1 is 1.38 bits per heavy atom. The van der Waals surface area contributed by atoms with Crippen molar-refractivity contribution in [1.29, 1.82) is 0 Å². The van der Waals surface area contributed by atoms with Crippen molar-refractivity contribution in [3.8, 4) is 0 Å². The minimum absolute atomic E-state index is 0.517.